The van der Waals surface area contributed by atoms with E-state index in [1.807, 2.05) is 6.07 Å². The Hall–Kier alpha value is -1.75. The molecule has 3 rings (SSSR count). The zero-order chi connectivity index (χ0) is 13.2. The summed E-state index contributed by atoms with van der Waals surface area (Å²) in [6, 6.07) is 6.16. The first-order valence-corrected chi connectivity index (χ1v) is 6.40. The summed E-state index contributed by atoms with van der Waals surface area (Å²) in [4.78, 5) is 0. The number of nitrogens with zero attached hydrogens (tertiary/aromatic N) is 2. The van der Waals surface area contributed by atoms with E-state index in [-0.39, 0.29) is 0 Å². The quantitative estimate of drug-likeness (QED) is 0.898. The normalized spacial score (nSPS) is 14.8. The molecule has 0 bridgehead atoms. The van der Waals surface area contributed by atoms with E-state index in [0.717, 1.165) is 18.3 Å². The third-order valence-electron chi connectivity index (χ3n) is 3.29. The molecule has 1 aliphatic rings. The average molecular weight is 263 g/mol. The Morgan fingerprint density at radius 3 is 2.84 bits per heavy atom. The van der Waals surface area contributed by atoms with Crippen LogP contribution in [-0.4, -0.2) is 15.8 Å². The lowest BCUT2D eigenvalue weighted by Gasteiger charge is -2.09. The summed E-state index contributed by atoms with van der Waals surface area (Å²) in [5.41, 5.74) is 1.45. The van der Waals surface area contributed by atoms with Gasteiger partial charge in [0.25, 0.3) is 0 Å². The predicted molar refractivity (Wildman–Crippen MR) is 67.5 cm³/mol. The van der Waals surface area contributed by atoms with Crippen molar-refractivity contribution in [3.8, 4) is 0 Å². The molecule has 5 heteroatoms. The molecule has 0 saturated heterocycles. The van der Waals surface area contributed by atoms with Crippen LogP contribution in [0.5, 0.6) is 0 Å². The maximum atomic E-state index is 13.6. The van der Waals surface area contributed by atoms with E-state index in [1.165, 1.54) is 25.0 Å². The smallest absolute Gasteiger partial charge is 0.131 e. The molecule has 100 valence electrons. The van der Waals surface area contributed by atoms with Gasteiger partial charge in [0.15, 0.2) is 0 Å². The van der Waals surface area contributed by atoms with Gasteiger partial charge in [-0.1, -0.05) is 6.07 Å². The molecule has 0 unspecified atom stereocenters. The lowest BCUT2D eigenvalue weighted by Crippen LogP contribution is -2.19. The third kappa shape index (κ3) is 2.98. The Balaban J connectivity index is 1.73. The van der Waals surface area contributed by atoms with Crippen molar-refractivity contribution in [2.75, 3.05) is 0 Å². The van der Waals surface area contributed by atoms with Gasteiger partial charge < -0.3 is 5.32 Å². The van der Waals surface area contributed by atoms with Crippen molar-refractivity contribution >= 4 is 0 Å². The van der Waals surface area contributed by atoms with Crippen LogP contribution in [-0.2, 0) is 13.1 Å². The molecular formula is C14H15F2N3. The van der Waals surface area contributed by atoms with E-state index < -0.39 is 11.6 Å². The molecule has 0 amide bonds. The van der Waals surface area contributed by atoms with Gasteiger partial charge in [0.1, 0.15) is 11.6 Å². The number of aromatic nitrogens is 2. The minimum atomic E-state index is -0.558. The van der Waals surface area contributed by atoms with Gasteiger partial charge in [-0.2, -0.15) is 5.10 Å². The first-order valence-electron chi connectivity index (χ1n) is 6.40. The molecule has 0 spiro atoms. The molecule has 1 fully saturated rings. The summed E-state index contributed by atoms with van der Waals surface area (Å²) in [5.74, 6) is -1.09. The van der Waals surface area contributed by atoms with Crippen LogP contribution in [0.1, 0.15) is 24.1 Å². The zero-order valence-electron chi connectivity index (χ0n) is 10.4. The Bertz CT molecular complexity index is 576. The monoisotopic (exact) mass is 263 g/mol. The fraction of sp³-hybridized carbons (Fsp3) is 0.357. The van der Waals surface area contributed by atoms with Crippen molar-refractivity contribution in [3.05, 3.63) is 53.4 Å². The zero-order valence-corrected chi connectivity index (χ0v) is 10.4. The minimum Gasteiger partial charge on any atom is -0.308 e. The van der Waals surface area contributed by atoms with Gasteiger partial charge >= 0.3 is 0 Å². The molecule has 3 nitrogen and oxygen atoms in total. The van der Waals surface area contributed by atoms with Crippen LogP contribution in [0.15, 0.2) is 30.5 Å². The van der Waals surface area contributed by atoms with Gasteiger partial charge in [0, 0.05) is 30.4 Å². The van der Waals surface area contributed by atoms with Gasteiger partial charge in [-0.15, -0.1) is 0 Å². The highest BCUT2D eigenvalue weighted by molar-refractivity contribution is 5.19. The molecule has 1 N–H and O–H groups in total. The second kappa shape index (κ2) is 5.09. The molecule has 0 aliphatic heterocycles. The summed E-state index contributed by atoms with van der Waals surface area (Å²) >= 11 is 0. The molecule has 1 aromatic carbocycles. The van der Waals surface area contributed by atoms with Crippen molar-refractivity contribution in [3.63, 3.8) is 0 Å². The van der Waals surface area contributed by atoms with Gasteiger partial charge in [-0.05, 0) is 25.0 Å². The molecule has 0 radical (unpaired) electrons. The number of halogens is 2. The van der Waals surface area contributed by atoms with Crippen LogP contribution < -0.4 is 5.32 Å². The Labute approximate surface area is 110 Å². The van der Waals surface area contributed by atoms with Crippen molar-refractivity contribution in [1.29, 1.82) is 0 Å². The molecule has 1 heterocycles. The van der Waals surface area contributed by atoms with Crippen LogP contribution in [0.25, 0.3) is 0 Å². The fourth-order valence-corrected chi connectivity index (χ4v) is 2.00. The largest absolute Gasteiger partial charge is 0.308 e. The van der Waals surface area contributed by atoms with Gasteiger partial charge in [-0.3, -0.25) is 4.68 Å². The van der Waals surface area contributed by atoms with Crippen LogP contribution in [0.3, 0.4) is 0 Å². The van der Waals surface area contributed by atoms with Crippen LogP contribution in [0.2, 0.25) is 0 Å². The Morgan fingerprint density at radius 1 is 1.26 bits per heavy atom. The summed E-state index contributed by atoms with van der Waals surface area (Å²) in [6.45, 7) is 1.05. The standard InChI is InChI=1S/C14H15F2N3/c15-11-2-1-10(14(16)7-11)9-19-13(5-6-18-19)8-17-12-3-4-12/h1-2,5-7,12,17H,3-4,8-9H2. The van der Waals surface area contributed by atoms with Crippen LogP contribution >= 0.6 is 0 Å². The molecule has 1 aromatic heterocycles. The van der Waals surface area contributed by atoms with E-state index in [0.29, 0.717) is 18.2 Å². The summed E-state index contributed by atoms with van der Waals surface area (Å²) in [6.07, 6.45) is 4.15. The molecular weight excluding hydrogens is 248 g/mol. The van der Waals surface area contributed by atoms with Crippen molar-refractivity contribution < 1.29 is 8.78 Å². The molecule has 0 atom stereocenters. The topological polar surface area (TPSA) is 29.9 Å². The fourth-order valence-electron chi connectivity index (χ4n) is 2.00. The van der Waals surface area contributed by atoms with Crippen LogP contribution in [0.4, 0.5) is 8.78 Å². The first kappa shape index (κ1) is 12.3. The SMILES string of the molecule is Fc1ccc(Cn2nccc2CNC2CC2)c(F)c1. The molecule has 19 heavy (non-hydrogen) atoms. The lowest BCUT2D eigenvalue weighted by molar-refractivity contribution is 0.545. The number of hydrogen-bond donors (Lipinski definition) is 1. The summed E-state index contributed by atoms with van der Waals surface area (Å²) < 4.78 is 28.2. The van der Waals surface area contributed by atoms with E-state index in [4.69, 9.17) is 0 Å². The van der Waals surface area contributed by atoms with Gasteiger partial charge in [0.05, 0.1) is 12.2 Å². The second-order valence-electron chi connectivity index (χ2n) is 4.87. The Kier molecular flexibility index (Phi) is 3.29. The van der Waals surface area contributed by atoms with Crippen molar-refractivity contribution in [1.82, 2.24) is 15.1 Å². The lowest BCUT2D eigenvalue weighted by atomic mass is 10.2. The number of rotatable bonds is 5. The maximum absolute atomic E-state index is 13.6. The second-order valence-corrected chi connectivity index (χ2v) is 4.87. The molecule has 1 saturated carbocycles. The number of hydrogen-bond acceptors (Lipinski definition) is 2. The van der Waals surface area contributed by atoms with Crippen molar-refractivity contribution in [2.24, 2.45) is 0 Å². The average Bonchev–Trinajstić information content (AvgIpc) is 3.11. The van der Waals surface area contributed by atoms with Gasteiger partial charge in [0.2, 0.25) is 0 Å². The third-order valence-corrected chi connectivity index (χ3v) is 3.29. The van der Waals surface area contributed by atoms with E-state index >= 15 is 0 Å². The highest BCUT2D eigenvalue weighted by Crippen LogP contribution is 2.19. The molecule has 2 aromatic rings. The summed E-state index contributed by atoms with van der Waals surface area (Å²) in [7, 11) is 0. The summed E-state index contributed by atoms with van der Waals surface area (Å²) in [5, 5.41) is 7.58. The molecule has 1 aliphatic carbocycles. The Morgan fingerprint density at radius 2 is 2.11 bits per heavy atom. The van der Waals surface area contributed by atoms with Gasteiger partial charge in [-0.25, -0.2) is 8.78 Å². The van der Waals surface area contributed by atoms with E-state index in [9.17, 15) is 8.78 Å². The number of benzene rings is 1. The predicted octanol–water partition coefficient (Wildman–Crippen LogP) is 2.46. The van der Waals surface area contributed by atoms with E-state index in [1.54, 1.807) is 10.9 Å². The highest BCUT2D eigenvalue weighted by atomic mass is 19.1. The van der Waals surface area contributed by atoms with Crippen molar-refractivity contribution in [2.45, 2.75) is 32.0 Å². The highest BCUT2D eigenvalue weighted by Gasteiger charge is 2.20. The maximum Gasteiger partial charge on any atom is 0.131 e. The number of nitrogens with one attached hydrogen (secondary N) is 1. The van der Waals surface area contributed by atoms with Crippen LogP contribution in [0, 0.1) is 11.6 Å². The first-order chi connectivity index (χ1) is 9.22. The van der Waals surface area contributed by atoms with E-state index in [2.05, 4.69) is 10.4 Å². The minimum absolute atomic E-state index is 0.320.